The predicted molar refractivity (Wildman–Crippen MR) is 78.8 cm³/mol. The van der Waals surface area contributed by atoms with Gasteiger partial charge in [-0.05, 0) is 76.0 Å². The van der Waals surface area contributed by atoms with Gasteiger partial charge in [-0.3, -0.25) is 0 Å². The highest BCUT2D eigenvalue weighted by Gasteiger charge is 2.30. The number of piperidine rings is 2. The third-order valence-corrected chi connectivity index (χ3v) is 5.12. The molecule has 2 nitrogen and oxygen atoms in total. The average molecular weight is 252 g/mol. The van der Waals surface area contributed by atoms with Crippen LogP contribution in [0.15, 0.2) is 0 Å². The maximum absolute atomic E-state index is 3.53. The van der Waals surface area contributed by atoms with Crippen molar-refractivity contribution in [2.75, 3.05) is 26.2 Å². The molecule has 2 heteroatoms. The fourth-order valence-electron chi connectivity index (χ4n) is 4.03. The van der Waals surface area contributed by atoms with Gasteiger partial charge < -0.3 is 10.6 Å². The van der Waals surface area contributed by atoms with Gasteiger partial charge in [0.15, 0.2) is 0 Å². The number of rotatable bonds is 6. The van der Waals surface area contributed by atoms with E-state index >= 15 is 0 Å². The summed E-state index contributed by atoms with van der Waals surface area (Å²) in [5, 5.41) is 7.05. The van der Waals surface area contributed by atoms with Crippen LogP contribution < -0.4 is 10.6 Å². The van der Waals surface area contributed by atoms with Crippen LogP contribution in [-0.4, -0.2) is 26.2 Å². The third kappa shape index (κ3) is 4.24. The highest BCUT2D eigenvalue weighted by atomic mass is 14.9. The second-order valence-corrected chi connectivity index (χ2v) is 6.33. The number of unbranched alkanes of at least 4 members (excludes halogenated alkanes) is 2. The molecule has 0 aliphatic carbocycles. The summed E-state index contributed by atoms with van der Waals surface area (Å²) in [6.07, 6.45) is 11.5. The van der Waals surface area contributed by atoms with Crippen LogP contribution in [0, 0.1) is 17.8 Å². The number of hydrogen-bond acceptors (Lipinski definition) is 2. The molecule has 0 amide bonds. The Morgan fingerprint density at radius 3 is 1.78 bits per heavy atom. The maximum Gasteiger partial charge on any atom is -0.00462 e. The summed E-state index contributed by atoms with van der Waals surface area (Å²) in [7, 11) is 0. The van der Waals surface area contributed by atoms with Gasteiger partial charge in [0.2, 0.25) is 0 Å². The summed E-state index contributed by atoms with van der Waals surface area (Å²) in [4.78, 5) is 0. The van der Waals surface area contributed by atoms with Crippen molar-refractivity contribution in [3.8, 4) is 0 Å². The lowest BCUT2D eigenvalue weighted by atomic mass is 9.71. The van der Waals surface area contributed by atoms with E-state index in [0.29, 0.717) is 0 Å². The second-order valence-electron chi connectivity index (χ2n) is 6.33. The van der Waals surface area contributed by atoms with Crippen LogP contribution in [0.25, 0.3) is 0 Å². The van der Waals surface area contributed by atoms with Crippen LogP contribution in [0.2, 0.25) is 0 Å². The van der Waals surface area contributed by atoms with E-state index in [1.165, 1.54) is 77.5 Å². The lowest BCUT2D eigenvalue weighted by molar-refractivity contribution is 0.142. The minimum atomic E-state index is 1.02. The molecular formula is C16H32N2. The summed E-state index contributed by atoms with van der Waals surface area (Å²) in [5.74, 6) is 3.07. The molecule has 0 aromatic heterocycles. The molecule has 2 heterocycles. The largest absolute Gasteiger partial charge is 0.317 e. The molecule has 0 aromatic carbocycles. The van der Waals surface area contributed by atoms with Crippen molar-refractivity contribution in [1.82, 2.24) is 10.6 Å². The van der Waals surface area contributed by atoms with Gasteiger partial charge in [-0.1, -0.05) is 26.2 Å². The Labute approximate surface area is 113 Å². The molecule has 106 valence electrons. The second kappa shape index (κ2) is 8.16. The number of nitrogens with one attached hydrogen (secondary N) is 2. The highest BCUT2D eigenvalue weighted by Crippen LogP contribution is 2.36. The van der Waals surface area contributed by atoms with Crippen LogP contribution in [0.1, 0.15) is 58.3 Å². The van der Waals surface area contributed by atoms with Gasteiger partial charge in [0.05, 0.1) is 0 Å². The van der Waals surface area contributed by atoms with Crippen LogP contribution in [-0.2, 0) is 0 Å². The average Bonchev–Trinajstić information content (AvgIpc) is 2.46. The van der Waals surface area contributed by atoms with E-state index in [9.17, 15) is 0 Å². The van der Waals surface area contributed by atoms with Crippen LogP contribution >= 0.6 is 0 Å². The van der Waals surface area contributed by atoms with Crippen molar-refractivity contribution >= 4 is 0 Å². The standard InChI is InChI=1S/C16H32N2/c1-2-3-4-5-16(14-6-10-17-11-7-14)15-8-12-18-13-9-15/h14-18H,2-13H2,1H3. The van der Waals surface area contributed by atoms with E-state index in [4.69, 9.17) is 0 Å². The minimum absolute atomic E-state index is 1.02. The lowest BCUT2D eigenvalue weighted by Crippen LogP contribution is -2.38. The molecule has 0 spiro atoms. The Morgan fingerprint density at radius 2 is 1.33 bits per heavy atom. The topological polar surface area (TPSA) is 24.1 Å². The maximum atomic E-state index is 3.53. The molecule has 2 aliphatic heterocycles. The van der Waals surface area contributed by atoms with Crippen molar-refractivity contribution in [3.63, 3.8) is 0 Å². The molecule has 2 fully saturated rings. The molecule has 0 atom stereocenters. The zero-order chi connectivity index (χ0) is 12.6. The Bertz CT molecular complexity index is 187. The molecule has 18 heavy (non-hydrogen) atoms. The summed E-state index contributed by atoms with van der Waals surface area (Å²) in [6.45, 7) is 7.38. The quantitative estimate of drug-likeness (QED) is 0.710. The minimum Gasteiger partial charge on any atom is -0.317 e. The van der Waals surface area contributed by atoms with Gasteiger partial charge >= 0.3 is 0 Å². The van der Waals surface area contributed by atoms with E-state index in [2.05, 4.69) is 17.6 Å². The first-order valence-corrected chi connectivity index (χ1v) is 8.33. The highest BCUT2D eigenvalue weighted by molar-refractivity contribution is 4.83. The molecule has 2 aliphatic rings. The Balaban J connectivity index is 1.87. The van der Waals surface area contributed by atoms with Crippen molar-refractivity contribution in [2.24, 2.45) is 17.8 Å². The number of hydrogen-bond donors (Lipinski definition) is 2. The van der Waals surface area contributed by atoms with Gasteiger partial charge in [0.25, 0.3) is 0 Å². The summed E-state index contributed by atoms with van der Waals surface area (Å²) >= 11 is 0. The van der Waals surface area contributed by atoms with Gasteiger partial charge in [-0.2, -0.15) is 0 Å². The Morgan fingerprint density at radius 1 is 0.833 bits per heavy atom. The summed E-state index contributed by atoms with van der Waals surface area (Å²) in [6, 6.07) is 0. The van der Waals surface area contributed by atoms with Crippen LogP contribution in [0.4, 0.5) is 0 Å². The van der Waals surface area contributed by atoms with Crippen molar-refractivity contribution < 1.29 is 0 Å². The fourth-order valence-corrected chi connectivity index (χ4v) is 4.03. The van der Waals surface area contributed by atoms with Crippen LogP contribution in [0.5, 0.6) is 0 Å². The molecule has 0 bridgehead atoms. The zero-order valence-electron chi connectivity index (χ0n) is 12.2. The normalized spacial score (nSPS) is 23.7. The van der Waals surface area contributed by atoms with Gasteiger partial charge in [0, 0.05) is 0 Å². The van der Waals surface area contributed by atoms with E-state index in [-0.39, 0.29) is 0 Å². The van der Waals surface area contributed by atoms with Crippen molar-refractivity contribution in [2.45, 2.75) is 58.3 Å². The van der Waals surface area contributed by atoms with E-state index in [1.54, 1.807) is 0 Å². The van der Waals surface area contributed by atoms with Gasteiger partial charge in [0.1, 0.15) is 0 Å². The molecule has 0 aromatic rings. The molecule has 2 rings (SSSR count). The van der Waals surface area contributed by atoms with E-state index in [0.717, 1.165) is 17.8 Å². The lowest BCUT2D eigenvalue weighted by Gasteiger charge is -2.38. The Kier molecular flexibility index (Phi) is 6.50. The van der Waals surface area contributed by atoms with Crippen LogP contribution in [0.3, 0.4) is 0 Å². The molecule has 0 radical (unpaired) electrons. The van der Waals surface area contributed by atoms with Gasteiger partial charge in [-0.15, -0.1) is 0 Å². The summed E-state index contributed by atoms with van der Waals surface area (Å²) in [5.41, 5.74) is 0. The van der Waals surface area contributed by atoms with E-state index < -0.39 is 0 Å². The SMILES string of the molecule is CCCCCC(C1CCNCC1)C1CCNCC1. The molecule has 2 saturated heterocycles. The zero-order valence-corrected chi connectivity index (χ0v) is 12.2. The van der Waals surface area contributed by atoms with Crippen molar-refractivity contribution in [1.29, 1.82) is 0 Å². The summed E-state index contributed by atoms with van der Waals surface area (Å²) < 4.78 is 0. The third-order valence-electron chi connectivity index (χ3n) is 5.12. The van der Waals surface area contributed by atoms with Crippen molar-refractivity contribution in [3.05, 3.63) is 0 Å². The van der Waals surface area contributed by atoms with E-state index in [1.807, 2.05) is 0 Å². The smallest absolute Gasteiger partial charge is 0.00462 e. The first kappa shape index (κ1) is 14.3. The molecule has 0 saturated carbocycles. The molecule has 0 unspecified atom stereocenters. The molecular weight excluding hydrogens is 220 g/mol. The predicted octanol–water partition coefficient (Wildman–Crippen LogP) is 3.18. The first-order valence-electron chi connectivity index (χ1n) is 8.33. The van der Waals surface area contributed by atoms with Gasteiger partial charge in [-0.25, -0.2) is 0 Å². The monoisotopic (exact) mass is 252 g/mol. The first-order chi connectivity index (χ1) is 8.92. The Hall–Kier alpha value is -0.0800. The fraction of sp³-hybridized carbons (Fsp3) is 1.00. The molecule has 2 N–H and O–H groups in total.